The Balaban J connectivity index is 3.54. The van der Waals surface area contributed by atoms with Gasteiger partial charge in [0.25, 0.3) is 0 Å². The van der Waals surface area contributed by atoms with Gasteiger partial charge in [-0.1, -0.05) is 0 Å². The van der Waals surface area contributed by atoms with Crippen molar-refractivity contribution in [2.75, 3.05) is 6.61 Å². The fourth-order valence-electron chi connectivity index (χ4n) is 0.938. The first kappa shape index (κ1) is 10.9. The van der Waals surface area contributed by atoms with Gasteiger partial charge < -0.3 is 9.47 Å². The third-order valence-corrected chi connectivity index (χ3v) is 1.58. The molecule has 68 valence electrons. The lowest BCUT2D eigenvalue weighted by Crippen LogP contribution is -2.28. The van der Waals surface area contributed by atoms with Crippen LogP contribution < -0.4 is 0 Å². The lowest BCUT2D eigenvalue weighted by Gasteiger charge is -2.22. The molecule has 2 heteroatoms. The predicted molar refractivity (Wildman–Crippen MR) is 46.8 cm³/mol. The first-order valence-electron chi connectivity index (χ1n) is 4.35. The summed E-state index contributed by atoms with van der Waals surface area (Å²) in [7, 11) is 0. The summed E-state index contributed by atoms with van der Waals surface area (Å²) in [5.74, 6) is 0. The normalized spacial score (nSPS) is 16.9. The molecule has 0 aromatic rings. The fourth-order valence-corrected chi connectivity index (χ4v) is 0.938. The first-order valence-corrected chi connectivity index (χ1v) is 4.35. The quantitative estimate of drug-likeness (QED) is 0.614. The van der Waals surface area contributed by atoms with Crippen LogP contribution in [0.2, 0.25) is 0 Å². The second-order valence-corrected chi connectivity index (χ2v) is 3.05. The van der Waals surface area contributed by atoms with Gasteiger partial charge in [0.05, 0.1) is 18.3 Å². The Morgan fingerprint density at radius 2 is 1.55 bits per heavy atom. The molecule has 2 atom stereocenters. The van der Waals surface area contributed by atoms with Crippen LogP contribution in [0.5, 0.6) is 0 Å². The van der Waals surface area contributed by atoms with Crippen LogP contribution in [0.25, 0.3) is 0 Å². The molecule has 0 rings (SSSR count). The summed E-state index contributed by atoms with van der Waals surface area (Å²) in [6, 6.07) is 0. The molecular weight excluding hydrogens is 140 g/mol. The van der Waals surface area contributed by atoms with Crippen molar-refractivity contribution in [3.05, 3.63) is 0 Å². The summed E-state index contributed by atoms with van der Waals surface area (Å²) in [6.07, 6.45) is 0.672. The van der Waals surface area contributed by atoms with Gasteiger partial charge in [-0.3, -0.25) is 0 Å². The molecule has 0 aliphatic carbocycles. The number of rotatable bonds is 5. The van der Waals surface area contributed by atoms with E-state index in [1.165, 1.54) is 0 Å². The summed E-state index contributed by atoms with van der Waals surface area (Å²) in [4.78, 5) is 0. The van der Waals surface area contributed by atoms with E-state index >= 15 is 0 Å². The third-order valence-electron chi connectivity index (χ3n) is 1.58. The molecule has 0 saturated carbocycles. The molecule has 0 amide bonds. The SMILES string of the molecule is CCOC(C)C(C)OC(C)C. The van der Waals surface area contributed by atoms with Crippen molar-refractivity contribution >= 4 is 0 Å². The highest BCUT2D eigenvalue weighted by atomic mass is 16.5. The molecule has 2 unspecified atom stereocenters. The first-order chi connectivity index (χ1) is 5.07. The Kier molecular flexibility index (Phi) is 5.51. The highest BCUT2D eigenvalue weighted by molar-refractivity contribution is 4.60. The minimum atomic E-state index is 0.190. The average molecular weight is 160 g/mol. The van der Waals surface area contributed by atoms with Gasteiger partial charge in [0, 0.05) is 6.61 Å². The summed E-state index contributed by atoms with van der Waals surface area (Å²) in [5.41, 5.74) is 0. The molecule has 11 heavy (non-hydrogen) atoms. The fraction of sp³-hybridized carbons (Fsp3) is 1.00. The van der Waals surface area contributed by atoms with Crippen molar-refractivity contribution in [1.82, 2.24) is 0 Å². The maximum atomic E-state index is 5.54. The van der Waals surface area contributed by atoms with Crippen LogP contribution in [0, 0.1) is 0 Å². The van der Waals surface area contributed by atoms with E-state index in [9.17, 15) is 0 Å². The van der Waals surface area contributed by atoms with E-state index < -0.39 is 0 Å². The van der Waals surface area contributed by atoms with Gasteiger partial charge in [0.15, 0.2) is 0 Å². The van der Waals surface area contributed by atoms with Gasteiger partial charge in [-0.2, -0.15) is 0 Å². The van der Waals surface area contributed by atoms with E-state index in [2.05, 4.69) is 0 Å². The van der Waals surface area contributed by atoms with E-state index in [1.54, 1.807) is 0 Å². The molecule has 2 nitrogen and oxygen atoms in total. The van der Waals surface area contributed by atoms with E-state index in [4.69, 9.17) is 9.47 Å². The average Bonchev–Trinajstić information content (AvgIpc) is 1.86. The van der Waals surface area contributed by atoms with Crippen molar-refractivity contribution < 1.29 is 9.47 Å². The van der Waals surface area contributed by atoms with Crippen LogP contribution in [-0.4, -0.2) is 24.9 Å². The lowest BCUT2D eigenvalue weighted by molar-refractivity contribution is -0.0743. The van der Waals surface area contributed by atoms with Gasteiger partial charge in [-0.15, -0.1) is 0 Å². The number of hydrogen-bond acceptors (Lipinski definition) is 2. The van der Waals surface area contributed by atoms with E-state index in [0.717, 1.165) is 6.61 Å². The van der Waals surface area contributed by atoms with Gasteiger partial charge in [-0.25, -0.2) is 0 Å². The predicted octanol–water partition coefficient (Wildman–Crippen LogP) is 2.22. The van der Waals surface area contributed by atoms with Crippen molar-refractivity contribution in [3.8, 4) is 0 Å². The van der Waals surface area contributed by atoms with Gasteiger partial charge in [0.2, 0.25) is 0 Å². The monoisotopic (exact) mass is 160 g/mol. The molecule has 0 N–H and O–H groups in total. The third kappa shape index (κ3) is 5.22. The molecule has 0 heterocycles. The van der Waals surface area contributed by atoms with Crippen molar-refractivity contribution in [2.45, 2.75) is 52.9 Å². The maximum absolute atomic E-state index is 5.54. The Morgan fingerprint density at radius 1 is 1.00 bits per heavy atom. The van der Waals surface area contributed by atoms with Crippen molar-refractivity contribution in [1.29, 1.82) is 0 Å². The van der Waals surface area contributed by atoms with Crippen molar-refractivity contribution in [3.63, 3.8) is 0 Å². The largest absolute Gasteiger partial charge is 0.376 e. The smallest absolute Gasteiger partial charge is 0.0809 e. The van der Waals surface area contributed by atoms with E-state index in [0.29, 0.717) is 0 Å². The molecule has 0 aromatic carbocycles. The molecular formula is C9H20O2. The van der Waals surface area contributed by atoms with Crippen LogP contribution in [0.3, 0.4) is 0 Å². The Labute approximate surface area is 69.9 Å². The standard InChI is InChI=1S/C9H20O2/c1-6-10-8(4)9(5)11-7(2)3/h7-9H,6H2,1-5H3. The summed E-state index contributed by atoms with van der Waals surface area (Å²) < 4.78 is 10.9. The maximum Gasteiger partial charge on any atom is 0.0809 e. The summed E-state index contributed by atoms with van der Waals surface area (Å²) in [6.45, 7) is 10.9. The minimum absolute atomic E-state index is 0.190. The number of hydrogen-bond donors (Lipinski definition) is 0. The highest BCUT2D eigenvalue weighted by Gasteiger charge is 2.13. The van der Waals surface area contributed by atoms with E-state index in [1.807, 2.05) is 34.6 Å². The van der Waals surface area contributed by atoms with Gasteiger partial charge >= 0.3 is 0 Å². The van der Waals surface area contributed by atoms with Crippen LogP contribution in [0.1, 0.15) is 34.6 Å². The molecule has 0 aliphatic heterocycles. The molecule has 0 aliphatic rings. The Hall–Kier alpha value is -0.0800. The lowest BCUT2D eigenvalue weighted by atomic mass is 10.2. The molecule has 0 bridgehead atoms. The summed E-state index contributed by atoms with van der Waals surface area (Å²) >= 11 is 0. The van der Waals surface area contributed by atoms with E-state index in [-0.39, 0.29) is 18.3 Å². The Morgan fingerprint density at radius 3 is 1.91 bits per heavy atom. The van der Waals surface area contributed by atoms with Crippen LogP contribution in [-0.2, 0) is 9.47 Å². The zero-order valence-electron chi connectivity index (χ0n) is 8.26. The molecule has 0 aromatic heterocycles. The van der Waals surface area contributed by atoms with Crippen LogP contribution in [0.4, 0.5) is 0 Å². The van der Waals surface area contributed by atoms with Crippen LogP contribution in [0.15, 0.2) is 0 Å². The molecule has 0 spiro atoms. The second kappa shape index (κ2) is 5.56. The zero-order chi connectivity index (χ0) is 8.85. The Bertz CT molecular complexity index is 91.6. The van der Waals surface area contributed by atoms with Crippen molar-refractivity contribution in [2.24, 2.45) is 0 Å². The molecule has 0 saturated heterocycles. The zero-order valence-corrected chi connectivity index (χ0v) is 8.26. The molecule has 0 fully saturated rings. The number of ether oxygens (including phenoxy) is 2. The highest BCUT2D eigenvalue weighted by Crippen LogP contribution is 2.05. The van der Waals surface area contributed by atoms with Gasteiger partial charge in [-0.05, 0) is 34.6 Å². The second-order valence-electron chi connectivity index (χ2n) is 3.05. The summed E-state index contributed by atoms with van der Waals surface area (Å²) in [5, 5.41) is 0. The van der Waals surface area contributed by atoms with Crippen LogP contribution >= 0.6 is 0 Å². The molecule has 0 radical (unpaired) electrons. The topological polar surface area (TPSA) is 18.5 Å². The minimum Gasteiger partial charge on any atom is -0.376 e. The van der Waals surface area contributed by atoms with Gasteiger partial charge in [0.1, 0.15) is 0 Å².